The maximum atomic E-state index is 5.51. The van der Waals surface area contributed by atoms with Gasteiger partial charge in [0, 0.05) is 0 Å². The largest absolute Gasteiger partial charge is 0.369 e. The number of rotatable bonds is 0. The van der Waals surface area contributed by atoms with Crippen molar-refractivity contribution in [1.29, 1.82) is 0 Å². The van der Waals surface area contributed by atoms with Crippen molar-refractivity contribution in [1.82, 2.24) is 19.9 Å². The fraction of sp³-hybridized carbons (Fsp3) is 0. The van der Waals surface area contributed by atoms with Crippen LogP contribution >= 0.6 is 11.6 Å². The van der Waals surface area contributed by atoms with Crippen LogP contribution in [0.25, 0.3) is 11.2 Å². The molecule has 0 aliphatic rings. The highest BCUT2D eigenvalue weighted by Gasteiger charge is 2.01. The Kier molecular flexibility index (Phi) is 1.19. The van der Waals surface area contributed by atoms with Crippen LogP contribution < -0.4 is 5.73 Å². The molecule has 3 N–H and O–H groups in total. The molecule has 5 nitrogen and oxygen atoms in total. The SMILES string of the molecule is Nc1nc2nc(Cl)ncc2[nH]1. The molecule has 2 rings (SSSR count). The Morgan fingerprint density at radius 1 is 1.45 bits per heavy atom. The molecule has 0 aliphatic carbocycles. The Balaban J connectivity index is 2.82. The Hall–Kier alpha value is -1.36. The Morgan fingerprint density at radius 3 is 3.09 bits per heavy atom. The van der Waals surface area contributed by atoms with Gasteiger partial charge in [0.2, 0.25) is 5.28 Å². The molecule has 0 bridgehead atoms. The molecule has 0 atom stereocenters. The number of anilines is 1. The van der Waals surface area contributed by atoms with E-state index in [1.165, 1.54) is 6.20 Å². The zero-order valence-electron chi connectivity index (χ0n) is 5.37. The first-order chi connectivity index (χ1) is 5.25. The van der Waals surface area contributed by atoms with Gasteiger partial charge in [0.05, 0.1) is 6.20 Å². The van der Waals surface area contributed by atoms with Crippen molar-refractivity contribution in [3.63, 3.8) is 0 Å². The molecule has 0 saturated carbocycles. The predicted octanol–water partition coefficient (Wildman–Crippen LogP) is 0.589. The lowest BCUT2D eigenvalue weighted by Crippen LogP contribution is -1.84. The Morgan fingerprint density at radius 2 is 2.27 bits per heavy atom. The third-order valence-corrected chi connectivity index (χ3v) is 1.41. The number of nitrogens with one attached hydrogen (secondary N) is 1. The van der Waals surface area contributed by atoms with Crippen LogP contribution in [-0.4, -0.2) is 19.9 Å². The van der Waals surface area contributed by atoms with Gasteiger partial charge in [-0.2, -0.15) is 9.97 Å². The van der Waals surface area contributed by atoms with E-state index in [2.05, 4.69) is 19.9 Å². The van der Waals surface area contributed by atoms with Gasteiger partial charge < -0.3 is 10.7 Å². The molecule has 6 heteroatoms. The molecule has 0 aliphatic heterocycles. The van der Waals surface area contributed by atoms with Crippen LogP contribution in [0.5, 0.6) is 0 Å². The van der Waals surface area contributed by atoms with Gasteiger partial charge in [0.15, 0.2) is 11.6 Å². The average molecular weight is 170 g/mol. The molecule has 0 fully saturated rings. The monoisotopic (exact) mass is 169 g/mol. The van der Waals surface area contributed by atoms with Crippen molar-refractivity contribution in [2.45, 2.75) is 0 Å². The molecule has 0 saturated heterocycles. The standard InChI is InChI=1S/C5H4ClN5/c6-4-8-1-2-3(10-4)11-5(7)9-2/h1H,(H3,7,8,9,10,11). The van der Waals surface area contributed by atoms with Crippen LogP contribution in [0.4, 0.5) is 5.95 Å². The molecular weight excluding hydrogens is 166 g/mol. The fourth-order valence-electron chi connectivity index (χ4n) is 0.805. The zero-order chi connectivity index (χ0) is 7.84. The maximum Gasteiger partial charge on any atom is 0.224 e. The molecular formula is C5H4ClN5. The summed E-state index contributed by atoms with van der Waals surface area (Å²) < 4.78 is 0. The van der Waals surface area contributed by atoms with Crippen molar-refractivity contribution in [2.24, 2.45) is 0 Å². The number of fused-ring (bicyclic) bond motifs is 1. The van der Waals surface area contributed by atoms with Crippen molar-refractivity contribution in [3.05, 3.63) is 11.5 Å². The average Bonchev–Trinajstić information content (AvgIpc) is 2.27. The van der Waals surface area contributed by atoms with Gasteiger partial charge in [-0.25, -0.2) is 4.98 Å². The smallest absolute Gasteiger partial charge is 0.224 e. The molecule has 0 amide bonds. The minimum Gasteiger partial charge on any atom is -0.369 e. The van der Waals surface area contributed by atoms with E-state index in [1.807, 2.05) is 0 Å². The van der Waals surface area contributed by atoms with Gasteiger partial charge >= 0.3 is 0 Å². The first-order valence-corrected chi connectivity index (χ1v) is 3.27. The van der Waals surface area contributed by atoms with Gasteiger partial charge in [-0.05, 0) is 11.6 Å². The maximum absolute atomic E-state index is 5.51. The number of aromatic nitrogens is 4. The van der Waals surface area contributed by atoms with Crippen LogP contribution in [0.1, 0.15) is 0 Å². The van der Waals surface area contributed by atoms with Gasteiger partial charge in [0.1, 0.15) is 5.52 Å². The lowest BCUT2D eigenvalue weighted by molar-refractivity contribution is 1.20. The van der Waals surface area contributed by atoms with E-state index in [-0.39, 0.29) is 5.28 Å². The van der Waals surface area contributed by atoms with E-state index in [0.29, 0.717) is 17.1 Å². The van der Waals surface area contributed by atoms with Crippen molar-refractivity contribution >= 4 is 28.7 Å². The molecule has 0 unspecified atom stereocenters. The number of H-pyrrole nitrogens is 1. The molecule has 0 radical (unpaired) electrons. The molecule has 2 aromatic heterocycles. The number of nitrogens with two attached hydrogens (primary N) is 1. The number of hydrogen-bond acceptors (Lipinski definition) is 4. The third-order valence-electron chi connectivity index (χ3n) is 1.23. The summed E-state index contributed by atoms with van der Waals surface area (Å²) in [6.45, 7) is 0. The summed E-state index contributed by atoms with van der Waals surface area (Å²) in [5.41, 5.74) is 6.54. The van der Waals surface area contributed by atoms with Crippen LogP contribution in [0.15, 0.2) is 6.20 Å². The number of halogens is 1. The first-order valence-electron chi connectivity index (χ1n) is 2.89. The van der Waals surface area contributed by atoms with Crippen LogP contribution in [0, 0.1) is 0 Å². The second-order valence-corrected chi connectivity index (χ2v) is 2.34. The van der Waals surface area contributed by atoms with Crippen LogP contribution in [0.3, 0.4) is 0 Å². The normalized spacial score (nSPS) is 10.6. The summed E-state index contributed by atoms with van der Waals surface area (Å²) in [5.74, 6) is 0.316. The number of aromatic amines is 1. The second-order valence-electron chi connectivity index (χ2n) is 2.00. The minimum atomic E-state index is 0.170. The van der Waals surface area contributed by atoms with E-state index < -0.39 is 0 Å². The summed E-state index contributed by atoms with van der Waals surface area (Å²) in [4.78, 5) is 14.2. The lowest BCUT2D eigenvalue weighted by atomic mass is 10.6. The van der Waals surface area contributed by atoms with E-state index in [0.717, 1.165) is 0 Å². The summed E-state index contributed by atoms with van der Waals surface area (Å²) in [5, 5.41) is 0.170. The molecule has 56 valence electrons. The van der Waals surface area contributed by atoms with E-state index in [1.54, 1.807) is 0 Å². The van der Waals surface area contributed by atoms with Crippen LogP contribution in [0.2, 0.25) is 5.28 Å². The predicted molar refractivity (Wildman–Crippen MR) is 41.1 cm³/mol. The Bertz CT molecular complexity index is 395. The number of nitrogens with zero attached hydrogens (tertiary/aromatic N) is 3. The Labute approximate surface area is 66.6 Å². The number of hydrogen-bond donors (Lipinski definition) is 2. The topological polar surface area (TPSA) is 80.5 Å². The highest BCUT2D eigenvalue weighted by atomic mass is 35.5. The molecule has 11 heavy (non-hydrogen) atoms. The van der Waals surface area contributed by atoms with Gasteiger partial charge in [-0.15, -0.1) is 0 Å². The highest BCUT2D eigenvalue weighted by Crippen LogP contribution is 2.10. The fourth-order valence-corrected chi connectivity index (χ4v) is 0.934. The van der Waals surface area contributed by atoms with Gasteiger partial charge in [-0.3, -0.25) is 0 Å². The number of nitrogen functional groups attached to an aromatic ring is 1. The quantitative estimate of drug-likeness (QED) is 0.566. The van der Waals surface area contributed by atoms with E-state index >= 15 is 0 Å². The summed E-state index contributed by atoms with van der Waals surface area (Å²) in [7, 11) is 0. The van der Waals surface area contributed by atoms with Gasteiger partial charge in [-0.1, -0.05) is 0 Å². The molecule has 2 heterocycles. The van der Waals surface area contributed by atoms with E-state index in [4.69, 9.17) is 17.3 Å². The van der Waals surface area contributed by atoms with Gasteiger partial charge in [0.25, 0.3) is 0 Å². The molecule has 0 spiro atoms. The zero-order valence-corrected chi connectivity index (χ0v) is 6.13. The highest BCUT2D eigenvalue weighted by molar-refractivity contribution is 6.28. The van der Waals surface area contributed by atoms with E-state index in [9.17, 15) is 0 Å². The van der Waals surface area contributed by atoms with Crippen LogP contribution in [-0.2, 0) is 0 Å². The van der Waals surface area contributed by atoms with Crippen molar-refractivity contribution < 1.29 is 0 Å². The third kappa shape index (κ3) is 0.988. The molecule has 2 aromatic rings. The molecule has 0 aromatic carbocycles. The first kappa shape index (κ1) is 6.36. The minimum absolute atomic E-state index is 0.170. The second kappa shape index (κ2) is 2.06. The summed E-state index contributed by atoms with van der Waals surface area (Å²) in [6.07, 6.45) is 1.54. The summed E-state index contributed by atoms with van der Waals surface area (Å²) >= 11 is 5.51. The van der Waals surface area contributed by atoms with Crippen molar-refractivity contribution in [3.8, 4) is 0 Å². The lowest BCUT2D eigenvalue weighted by Gasteiger charge is -1.85. The summed E-state index contributed by atoms with van der Waals surface area (Å²) in [6, 6.07) is 0. The van der Waals surface area contributed by atoms with Crippen molar-refractivity contribution in [2.75, 3.05) is 5.73 Å². The number of imidazole rings is 1.